The fourth-order valence-corrected chi connectivity index (χ4v) is 3.90. The summed E-state index contributed by atoms with van der Waals surface area (Å²) in [6.45, 7) is 4.52. The molecule has 6 nitrogen and oxygen atoms in total. The number of piperidine rings is 1. The predicted octanol–water partition coefficient (Wildman–Crippen LogP) is 3.53. The lowest BCUT2D eigenvalue weighted by atomic mass is 9.88. The molecule has 0 saturated carbocycles. The molecule has 2 aromatic rings. The second kappa shape index (κ2) is 11.0. The van der Waals surface area contributed by atoms with Gasteiger partial charge in [-0.25, -0.2) is 8.78 Å². The topological polar surface area (TPSA) is 78.5 Å². The minimum absolute atomic E-state index is 0.0200. The first-order valence-electron chi connectivity index (χ1n) is 11.2. The molecule has 1 aliphatic rings. The normalized spacial score (nSPS) is 16.1. The lowest BCUT2D eigenvalue weighted by molar-refractivity contribution is -0.125. The monoisotopic (exact) mass is 457 g/mol. The molecule has 2 N–H and O–H groups in total. The van der Waals surface area contributed by atoms with Crippen molar-refractivity contribution in [3.63, 3.8) is 0 Å². The van der Waals surface area contributed by atoms with Gasteiger partial charge in [0.05, 0.1) is 5.56 Å². The van der Waals surface area contributed by atoms with Crippen LogP contribution in [0.1, 0.15) is 53.8 Å². The zero-order valence-electron chi connectivity index (χ0n) is 18.8. The summed E-state index contributed by atoms with van der Waals surface area (Å²) in [6.07, 6.45) is 1.69. The van der Waals surface area contributed by atoms with Crippen LogP contribution < -0.4 is 10.6 Å². The highest BCUT2D eigenvalue weighted by Crippen LogP contribution is 2.24. The van der Waals surface area contributed by atoms with Crippen LogP contribution in [0.4, 0.5) is 8.78 Å². The Morgan fingerprint density at radius 3 is 2.24 bits per heavy atom. The molecule has 0 aromatic heterocycles. The van der Waals surface area contributed by atoms with E-state index < -0.39 is 23.6 Å². The summed E-state index contributed by atoms with van der Waals surface area (Å²) in [4.78, 5) is 40.0. The van der Waals surface area contributed by atoms with Crippen LogP contribution in [0.2, 0.25) is 0 Å². The van der Waals surface area contributed by atoms with Gasteiger partial charge in [-0.1, -0.05) is 19.1 Å². The van der Waals surface area contributed by atoms with E-state index in [0.717, 1.165) is 6.42 Å². The van der Waals surface area contributed by atoms with Crippen molar-refractivity contribution in [2.45, 2.75) is 45.2 Å². The Bertz CT molecular complexity index is 989. The molecule has 176 valence electrons. The van der Waals surface area contributed by atoms with E-state index in [1.54, 1.807) is 11.0 Å². The Hall–Kier alpha value is -3.29. The van der Waals surface area contributed by atoms with E-state index in [9.17, 15) is 23.2 Å². The highest BCUT2D eigenvalue weighted by molar-refractivity contribution is 5.98. The van der Waals surface area contributed by atoms with Gasteiger partial charge in [0.15, 0.2) is 0 Å². The average Bonchev–Trinajstić information content (AvgIpc) is 2.82. The van der Waals surface area contributed by atoms with Crippen molar-refractivity contribution >= 4 is 17.7 Å². The van der Waals surface area contributed by atoms with Crippen LogP contribution in [-0.4, -0.2) is 47.8 Å². The molecule has 0 radical (unpaired) electrons. The number of nitrogens with zero attached hydrogens (tertiary/aromatic N) is 1. The number of halogens is 2. The fourth-order valence-electron chi connectivity index (χ4n) is 3.90. The van der Waals surface area contributed by atoms with Crippen LogP contribution in [0.5, 0.6) is 0 Å². The van der Waals surface area contributed by atoms with Gasteiger partial charge in [-0.3, -0.25) is 14.4 Å². The highest BCUT2D eigenvalue weighted by atomic mass is 19.1. The minimum atomic E-state index is -0.803. The number of carbonyl (C=O) groups is 3. The fraction of sp³-hybridized carbons (Fsp3) is 0.400. The second-order valence-corrected chi connectivity index (χ2v) is 8.39. The second-order valence-electron chi connectivity index (χ2n) is 8.39. The van der Waals surface area contributed by atoms with Crippen LogP contribution in [-0.2, 0) is 4.79 Å². The summed E-state index contributed by atoms with van der Waals surface area (Å²) >= 11 is 0. The number of rotatable bonds is 7. The summed E-state index contributed by atoms with van der Waals surface area (Å²) < 4.78 is 27.2. The standard InChI is InChI=1S/C25H29F2N3O3/c1-3-16(2)28-24(32)22(29-23(31)18-8-10-19(26)11-9-18)17-12-14-30(15-13-17)25(33)20-6-4-5-7-21(20)27/h4-11,16-17,22H,3,12-15H2,1-2H3,(H,28,32)(H,29,31). The first-order valence-corrected chi connectivity index (χ1v) is 11.2. The molecular formula is C25H29F2N3O3. The third-order valence-corrected chi connectivity index (χ3v) is 6.08. The largest absolute Gasteiger partial charge is 0.352 e. The summed E-state index contributed by atoms with van der Waals surface area (Å²) in [6, 6.07) is 10.1. The Morgan fingerprint density at radius 2 is 1.64 bits per heavy atom. The third-order valence-electron chi connectivity index (χ3n) is 6.08. The van der Waals surface area contributed by atoms with Gasteiger partial charge in [0.25, 0.3) is 11.8 Å². The molecule has 3 rings (SSSR count). The molecule has 0 spiro atoms. The molecule has 1 aliphatic heterocycles. The van der Waals surface area contributed by atoms with Gasteiger partial charge >= 0.3 is 0 Å². The van der Waals surface area contributed by atoms with E-state index in [1.807, 2.05) is 13.8 Å². The maximum absolute atomic E-state index is 14.0. The SMILES string of the molecule is CCC(C)NC(=O)C(NC(=O)c1ccc(F)cc1)C1CCN(C(=O)c2ccccc2F)CC1. The van der Waals surface area contributed by atoms with Crippen molar-refractivity contribution in [2.75, 3.05) is 13.1 Å². The number of hydrogen-bond donors (Lipinski definition) is 2. The number of benzene rings is 2. The molecule has 3 amide bonds. The zero-order chi connectivity index (χ0) is 24.0. The van der Waals surface area contributed by atoms with Crippen LogP contribution >= 0.6 is 0 Å². The van der Waals surface area contributed by atoms with Gasteiger partial charge in [-0.2, -0.15) is 0 Å². The summed E-state index contributed by atoms with van der Waals surface area (Å²) in [5.74, 6) is -2.38. The first-order chi connectivity index (χ1) is 15.8. The number of likely N-dealkylation sites (tertiary alicyclic amines) is 1. The Morgan fingerprint density at radius 1 is 1.00 bits per heavy atom. The Kier molecular flexibility index (Phi) is 8.14. The van der Waals surface area contributed by atoms with Crippen LogP contribution in [0.3, 0.4) is 0 Å². The molecule has 2 unspecified atom stereocenters. The van der Waals surface area contributed by atoms with E-state index in [1.165, 1.54) is 42.5 Å². The smallest absolute Gasteiger partial charge is 0.256 e. The van der Waals surface area contributed by atoms with Gasteiger partial charge < -0.3 is 15.5 Å². The van der Waals surface area contributed by atoms with E-state index in [2.05, 4.69) is 10.6 Å². The molecule has 33 heavy (non-hydrogen) atoms. The summed E-state index contributed by atoms with van der Waals surface area (Å²) in [7, 11) is 0. The maximum atomic E-state index is 14.0. The van der Waals surface area contributed by atoms with Gasteiger partial charge in [-0.05, 0) is 68.5 Å². The maximum Gasteiger partial charge on any atom is 0.256 e. The van der Waals surface area contributed by atoms with E-state index in [0.29, 0.717) is 25.9 Å². The highest BCUT2D eigenvalue weighted by Gasteiger charge is 2.35. The number of hydrogen-bond acceptors (Lipinski definition) is 3. The predicted molar refractivity (Wildman–Crippen MR) is 121 cm³/mol. The Labute approximate surface area is 192 Å². The van der Waals surface area contributed by atoms with Gasteiger partial charge in [0.1, 0.15) is 17.7 Å². The molecule has 2 aromatic carbocycles. The molecule has 2 atom stereocenters. The van der Waals surface area contributed by atoms with Crippen molar-refractivity contribution in [1.29, 1.82) is 0 Å². The molecule has 1 saturated heterocycles. The first kappa shape index (κ1) is 24.4. The van der Waals surface area contributed by atoms with Crippen LogP contribution in [0, 0.1) is 17.6 Å². The number of carbonyl (C=O) groups excluding carboxylic acids is 3. The number of amides is 3. The Balaban J connectivity index is 1.71. The van der Waals surface area contributed by atoms with Gasteiger partial charge in [0, 0.05) is 24.7 Å². The number of nitrogens with one attached hydrogen (secondary N) is 2. The van der Waals surface area contributed by atoms with Gasteiger partial charge in [-0.15, -0.1) is 0 Å². The van der Waals surface area contributed by atoms with Crippen molar-refractivity contribution in [3.8, 4) is 0 Å². The van der Waals surface area contributed by atoms with E-state index in [4.69, 9.17) is 0 Å². The van der Waals surface area contributed by atoms with Crippen molar-refractivity contribution in [3.05, 3.63) is 71.3 Å². The summed E-state index contributed by atoms with van der Waals surface area (Å²) in [5.41, 5.74) is 0.275. The van der Waals surface area contributed by atoms with Crippen molar-refractivity contribution in [1.82, 2.24) is 15.5 Å². The summed E-state index contributed by atoms with van der Waals surface area (Å²) in [5, 5.41) is 5.72. The lowest BCUT2D eigenvalue weighted by Crippen LogP contribution is -2.55. The van der Waals surface area contributed by atoms with E-state index >= 15 is 0 Å². The lowest BCUT2D eigenvalue weighted by Gasteiger charge is -2.36. The molecule has 0 aliphatic carbocycles. The molecule has 1 heterocycles. The zero-order valence-corrected chi connectivity index (χ0v) is 18.8. The quantitative estimate of drug-likeness (QED) is 0.668. The average molecular weight is 458 g/mol. The third kappa shape index (κ3) is 6.15. The molecular weight excluding hydrogens is 428 g/mol. The molecule has 0 bridgehead atoms. The van der Waals surface area contributed by atoms with Crippen molar-refractivity contribution in [2.24, 2.45) is 5.92 Å². The molecule has 8 heteroatoms. The van der Waals surface area contributed by atoms with E-state index in [-0.39, 0.29) is 34.9 Å². The van der Waals surface area contributed by atoms with Crippen LogP contribution in [0.25, 0.3) is 0 Å². The van der Waals surface area contributed by atoms with Crippen molar-refractivity contribution < 1.29 is 23.2 Å². The van der Waals surface area contributed by atoms with Crippen LogP contribution in [0.15, 0.2) is 48.5 Å². The van der Waals surface area contributed by atoms with Gasteiger partial charge in [0.2, 0.25) is 5.91 Å². The minimum Gasteiger partial charge on any atom is -0.352 e. The molecule has 1 fully saturated rings.